The van der Waals surface area contributed by atoms with Gasteiger partial charge in [0.05, 0.1) is 8.07 Å². The topological polar surface area (TPSA) is 39.4 Å². The van der Waals surface area contributed by atoms with Crippen LogP contribution in [0.15, 0.2) is 103 Å². The Hall–Kier alpha value is -1.69. The van der Waals surface area contributed by atoms with E-state index in [2.05, 4.69) is 123 Å². The van der Waals surface area contributed by atoms with Crippen LogP contribution in [0.2, 0.25) is 19.6 Å². The Morgan fingerprint density at radius 3 is 1.03 bits per heavy atom. The third-order valence-corrected chi connectivity index (χ3v) is 8.57. The third kappa shape index (κ3) is 13.6. The van der Waals surface area contributed by atoms with Crippen LogP contribution < -0.4 is 15.9 Å². The summed E-state index contributed by atoms with van der Waals surface area (Å²) < 4.78 is 0. The molecular formula is C28H37NOPReSi-. The summed E-state index contributed by atoms with van der Waals surface area (Å²) in [5, 5.41) is 4.19. The summed E-state index contributed by atoms with van der Waals surface area (Å²) in [5.74, 6) is 0. The molecule has 1 aliphatic rings. The molecule has 0 atom stereocenters. The Kier molecular flexibility index (Phi) is 17.7. The minimum Gasteiger partial charge on any atom is -0.577 e. The van der Waals surface area contributed by atoms with E-state index in [1.54, 1.807) is 0 Å². The Morgan fingerprint density at radius 1 is 0.636 bits per heavy atom. The van der Waals surface area contributed by atoms with Crippen LogP contribution in [0.1, 0.15) is 32.1 Å². The first-order chi connectivity index (χ1) is 15.5. The molecule has 3 aromatic carbocycles. The van der Waals surface area contributed by atoms with E-state index in [4.69, 9.17) is 10.5 Å². The maximum atomic E-state index is 7.25. The zero-order chi connectivity index (χ0) is 23.7. The van der Waals surface area contributed by atoms with Gasteiger partial charge in [-0.25, -0.2) is 0 Å². The summed E-state index contributed by atoms with van der Waals surface area (Å²) in [6, 6.07) is 32.3. The summed E-state index contributed by atoms with van der Waals surface area (Å²) in [5.41, 5.74) is 7.83. The molecule has 0 heterocycles. The van der Waals surface area contributed by atoms with Crippen LogP contribution in [0.3, 0.4) is 0 Å². The van der Waals surface area contributed by atoms with Crippen LogP contribution in [0.4, 0.5) is 0 Å². The van der Waals surface area contributed by atoms with E-state index in [1.165, 1.54) is 48.0 Å². The van der Waals surface area contributed by atoms with Crippen molar-refractivity contribution < 1.29 is 20.4 Å². The van der Waals surface area contributed by atoms with E-state index < -0.39 is 16.0 Å². The molecule has 1 radical (unpaired) electrons. The molecule has 0 aromatic heterocycles. The predicted octanol–water partition coefficient (Wildman–Crippen LogP) is 7.76. The van der Waals surface area contributed by atoms with Gasteiger partial charge in [0, 0.05) is 20.4 Å². The molecule has 0 bridgehead atoms. The van der Waals surface area contributed by atoms with Crippen molar-refractivity contribution in [1.29, 1.82) is 0 Å². The van der Waals surface area contributed by atoms with Gasteiger partial charge in [0.25, 0.3) is 0 Å². The molecule has 4 rings (SSSR count). The number of rotatable bonds is 4. The van der Waals surface area contributed by atoms with Crippen molar-refractivity contribution in [1.82, 2.24) is 0 Å². The first-order valence-electron chi connectivity index (χ1n) is 11.3. The second-order valence-corrected chi connectivity index (χ2v) is 16.0. The van der Waals surface area contributed by atoms with Gasteiger partial charge >= 0.3 is 0 Å². The van der Waals surface area contributed by atoms with Crippen molar-refractivity contribution in [2.75, 3.05) is 0 Å². The van der Waals surface area contributed by atoms with Crippen molar-refractivity contribution in [3.8, 4) is 0 Å². The number of benzene rings is 3. The fraction of sp³-hybridized carbons (Fsp3) is 0.286. The average molecular weight is 649 g/mol. The Labute approximate surface area is 217 Å². The van der Waals surface area contributed by atoms with Gasteiger partial charge in [-0.15, -0.1) is 12.3 Å². The first kappa shape index (κ1) is 31.3. The van der Waals surface area contributed by atoms with Crippen molar-refractivity contribution in [3.05, 3.63) is 114 Å². The summed E-state index contributed by atoms with van der Waals surface area (Å²) >= 11 is 0. The van der Waals surface area contributed by atoms with Crippen LogP contribution >= 0.6 is 7.92 Å². The summed E-state index contributed by atoms with van der Waals surface area (Å²) in [6.45, 7) is 10.5. The molecule has 177 valence electrons. The van der Waals surface area contributed by atoms with Crippen LogP contribution in [-0.2, 0) is 20.4 Å². The minimum absolute atomic E-state index is 0. The molecule has 1 saturated carbocycles. The zero-order valence-corrected chi connectivity index (χ0v) is 24.8. The van der Waals surface area contributed by atoms with Gasteiger partial charge in [0.2, 0.25) is 0 Å². The third-order valence-electron chi connectivity index (χ3n) is 4.91. The second kappa shape index (κ2) is 18.7. The van der Waals surface area contributed by atoms with Crippen molar-refractivity contribution in [2.24, 2.45) is 0 Å². The quantitative estimate of drug-likeness (QED) is 0.211. The van der Waals surface area contributed by atoms with Crippen molar-refractivity contribution in [2.45, 2.75) is 51.7 Å². The van der Waals surface area contributed by atoms with E-state index in [-0.39, 0.29) is 20.4 Å². The molecule has 3 aromatic rings. The number of hydrogen-bond donors (Lipinski definition) is 0. The van der Waals surface area contributed by atoms with Gasteiger partial charge in [-0.2, -0.15) is 0 Å². The van der Waals surface area contributed by atoms with Gasteiger partial charge in [-0.3, -0.25) is 0 Å². The SMILES string of the molecule is C1CCCC1.C=C[Si](C)(C)C.[N-]=O.[Re].c1ccc(P(c2ccccc2)c2ccccc2)cc1. The van der Waals surface area contributed by atoms with Gasteiger partial charge in [-0.05, 0) is 23.8 Å². The summed E-state index contributed by atoms with van der Waals surface area (Å²) in [4.78, 5) is 7.25. The van der Waals surface area contributed by atoms with Crippen LogP contribution in [0.25, 0.3) is 5.59 Å². The predicted molar refractivity (Wildman–Crippen MR) is 149 cm³/mol. The molecule has 1 aliphatic carbocycles. The normalized spacial score (nSPS) is 11.9. The van der Waals surface area contributed by atoms with E-state index in [9.17, 15) is 0 Å². The molecule has 0 amide bonds. The molecule has 0 unspecified atom stereocenters. The standard InChI is InChI=1S/C18H15P.C5H12Si.C5H10.NO.Re/c1-4-10-16(11-5-1)19(17-12-6-2-7-13-17)18-14-8-3-9-15-18;1-5-6(2,3)4;1-2-4-5-3-1;1-2;/h1-15H;5H,1H2,2-4H3;1-5H2;;/q;;;-1;. The van der Waals surface area contributed by atoms with Crippen LogP contribution in [0, 0.1) is 4.91 Å². The zero-order valence-electron chi connectivity index (χ0n) is 20.2. The van der Waals surface area contributed by atoms with E-state index in [1.807, 2.05) is 0 Å². The maximum absolute atomic E-state index is 7.25. The molecule has 1 fully saturated rings. The number of nitroso groups, excluding NO2 is 1. The van der Waals surface area contributed by atoms with Gasteiger partial charge in [0.15, 0.2) is 0 Å². The largest absolute Gasteiger partial charge is 0.577 e. The monoisotopic (exact) mass is 649 g/mol. The minimum atomic E-state index is -0.867. The van der Waals surface area contributed by atoms with E-state index >= 15 is 0 Å². The van der Waals surface area contributed by atoms with Gasteiger partial charge in [0.1, 0.15) is 0 Å². The van der Waals surface area contributed by atoms with Crippen LogP contribution in [-0.4, -0.2) is 8.07 Å². The number of hydrogen-bond acceptors (Lipinski definition) is 1. The molecule has 0 spiro atoms. The average Bonchev–Trinajstić information content (AvgIpc) is 3.43. The fourth-order valence-corrected chi connectivity index (χ4v) is 5.37. The van der Waals surface area contributed by atoms with Crippen LogP contribution in [0.5, 0.6) is 0 Å². The smallest absolute Gasteiger partial charge is 0.0679 e. The molecule has 0 N–H and O–H groups in total. The Balaban J connectivity index is 0.000000607. The van der Waals surface area contributed by atoms with Gasteiger partial charge < -0.3 is 10.5 Å². The first-order valence-corrected chi connectivity index (χ1v) is 16.2. The molecule has 0 saturated heterocycles. The summed E-state index contributed by atoms with van der Waals surface area (Å²) in [7, 11) is -1.31. The van der Waals surface area contributed by atoms with Gasteiger partial charge in [-0.1, -0.05) is 143 Å². The Bertz CT molecular complexity index is 752. The molecule has 5 heteroatoms. The maximum Gasteiger partial charge on any atom is 0.0679 e. The van der Waals surface area contributed by atoms with Crippen molar-refractivity contribution >= 4 is 31.9 Å². The molecule has 0 aliphatic heterocycles. The number of nitrogens with zero attached hydrogens (tertiary/aromatic N) is 1. The second-order valence-electron chi connectivity index (χ2n) is 8.68. The van der Waals surface area contributed by atoms with Crippen molar-refractivity contribution in [3.63, 3.8) is 0 Å². The molecule has 2 nitrogen and oxygen atoms in total. The molecular weight excluding hydrogens is 612 g/mol. The Morgan fingerprint density at radius 2 is 0.848 bits per heavy atom. The fourth-order valence-electron chi connectivity index (χ4n) is 3.06. The van der Waals surface area contributed by atoms with E-state index in [0.29, 0.717) is 0 Å². The van der Waals surface area contributed by atoms with E-state index in [0.717, 1.165) is 0 Å². The molecule has 33 heavy (non-hydrogen) atoms. The summed E-state index contributed by atoms with van der Waals surface area (Å²) in [6.07, 6.45) is 7.50.